The second-order valence-electron chi connectivity index (χ2n) is 5.41. The Morgan fingerprint density at radius 2 is 1.95 bits per heavy atom. The molecule has 0 saturated heterocycles. The second-order valence-corrected chi connectivity index (χ2v) is 5.41. The largest absolute Gasteiger partial charge is 0.469 e. The van der Waals surface area contributed by atoms with E-state index in [1.165, 1.54) is 14.0 Å². The first-order valence-corrected chi connectivity index (χ1v) is 7.06. The van der Waals surface area contributed by atoms with Crippen LogP contribution in [0.3, 0.4) is 0 Å². The van der Waals surface area contributed by atoms with Gasteiger partial charge in [-0.05, 0) is 25.3 Å². The molecule has 2 rings (SSSR count). The first-order valence-electron chi connectivity index (χ1n) is 7.06. The zero-order valence-electron chi connectivity index (χ0n) is 12.3. The van der Waals surface area contributed by atoms with Gasteiger partial charge in [0.1, 0.15) is 0 Å². The molecule has 1 aromatic rings. The molecule has 0 spiro atoms. The molecule has 1 N–H and O–H groups in total. The van der Waals surface area contributed by atoms with Crippen molar-refractivity contribution in [3.8, 4) is 0 Å². The molecule has 1 aromatic carbocycles. The first kappa shape index (κ1) is 15.4. The van der Waals surface area contributed by atoms with Crippen LogP contribution >= 0.6 is 0 Å². The van der Waals surface area contributed by atoms with Crippen molar-refractivity contribution in [1.29, 1.82) is 0 Å². The highest BCUT2D eigenvalue weighted by Gasteiger charge is 2.29. The van der Waals surface area contributed by atoms with Crippen molar-refractivity contribution < 1.29 is 19.4 Å². The molecule has 0 heterocycles. The fourth-order valence-electron chi connectivity index (χ4n) is 2.68. The Kier molecular flexibility index (Phi) is 4.91. The van der Waals surface area contributed by atoms with Crippen LogP contribution in [-0.2, 0) is 9.53 Å². The molecule has 112 valence electrons. The van der Waals surface area contributed by atoms with Crippen molar-refractivity contribution in [3.05, 3.63) is 47.5 Å². The number of Topliss-reactive ketones (excluding diaryl/α,β-unsaturated/α-hetero) is 1. The summed E-state index contributed by atoms with van der Waals surface area (Å²) in [6, 6.07) is 6.95. The highest BCUT2D eigenvalue weighted by molar-refractivity contribution is 5.94. The minimum atomic E-state index is -0.685. The van der Waals surface area contributed by atoms with E-state index >= 15 is 0 Å². The number of aliphatic hydroxyl groups is 1. The van der Waals surface area contributed by atoms with Gasteiger partial charge in [-0.15, -0.1) is 0 Å². The topological polar surface area (TPSA) is 63.6 Å². The lowest BCUT2D eigenvalue weighted by Gasteiger charge is -2.27. The third-order valence-corrected chi connectivity index (χ3v) is 3.96. The fourth-order valence-corrected chi connectivity index (χ4v) is 2.68. The molecule has 4 heteroatoms. The van der Waals surface area contributed by atoms with Gasteiger partial charge >= 0.3 is 5.97 Å². The molecule has 4 nitrogen and oxygen atoms in total. The summed E-state index contributed by atoms with van der Waals surface area (Å²) in [6.45, 7) is 1.51. The number of esters is 1. The van der Waals surface area contributed by atoms with Crippen LogP contribution in [0.2, 0.25) is 0 Å². The number of aliphatic hydroxyl groups excluding tert-OH is 1. The molecular weight excluding hydrogens is 268 g/mol. The zero-order chi connectivity index (χ0) is 15.4. The maximum Gasteiger partial charge on any atom is 0.308 e. The van der Waals surface area contributed by atoms with E-state index in [2.05, 4.69) is 0 Å². The summed E-state index contributed by atoms with van der Waals surface area (Å²) in [5.41, 5.74) is 1.37. The Bertz CT molecular complexity index is 544. The molecule has 1 aliphatic rings. The number of ether oxygens (including phenoxy) is 1. The molecule has 0 saturated carbocycles. The second kappa shape index (κ2) is 6.68. The van der Waals surface area contributed by atoms with Gasteiger partial charge in [0.15, 0.2) is 5.78 Å². The molecule has 0 aromatic heterocycles. The quantitative estimate of drug-likeness (QED) is 0.525. The van der Waals surface area contributed by atoms with Crippen LogP contribution in [0.4, 0.5) is 0 Å². The van der Waals surface area contributed by atoms with Crippen LogP contribution in [0, 0.1) is 11.8 Å². The van der Waals surface area contributed by atoms with Gasteiger partial charge in [-0.2, -0.15) is 0 Å². The third-order valence-electron chi connectivity index (χ3n) is 3.96. The molecular formula is C17H20O4. The number of benzene rings is 1. The lowest BCUT2D eigenvalue weighted by Crippen LogP contribution is -2.24. The Morgan fingerprint density at radius 3 is 2.52 bits per heavy atom. The molecule has 0 unspecified atom stereocenters. The lowest BCUT2D eigenvalue weighted by atomic mass is 9.81. The van der Waals surface area contributed by atoms with Gasteiger partial charge in [0.05, 0.1) is 19.1 Å². The van der Waals surface area contributed by atoms with E-state index in [1.807, 2.05) is 12.2 Å². The number of allylic oxidation sites excluding steroid dienone is 1. The summed E-state index contributed by atoms with van der Waals surface area (Å²) in [5, 5.41) is 10.5. The SMILES string of the molecule is COC(=O)[C@@H]1CC=C[C@@H]([C@@H](O)c2ccc(C(C)=O)cc2)C1. The number of carbonyl (C=O) groups is 2. The Hall–Kier alpha value is -1.94. The summed E-state index contributed by atoms with van der Waals surface area (Å²) in [6.07, 6.45) is 4.40. The van der Waals surface area contributed by atoms with Gasteiger partial charge in [0, 0.05) is 11.5 Å². The third kappa shape index (κ3) is 3.58. The standard InChI is InChI=1S/C17H20O4/c1-11(18)12-6-8-13(9-7-12)16(19)14-4-3-5-15(10-14)17(20)21-2/h3-4,6-9,14-16,19H,5,10H2,1-2H3/t14-,15-,16+/m1/s1. The van der Waals surface area contributed by atoms with E-state index in [-0.39, 0.29) is 23.6 Å². The van der Waals surface area contributed by atoms with Crippen LogP contribution in [0.25, 0.3) is 0 Å². The molecule has 0 amide bonds. The normalized spacial score (nSPS) is 22.6. The van der Waals surface area contributed by atoms with Gasteiger partial charge in [0.25, 0.3) is 0 Å². The van der Waals surface area contributed by atoms with Gasteiger partial charge in [-0.3, -0.25) is 9.59 Å². The zero-order valence-corrected chi connectivity index (χ0v) is 12.3. The molecule has 3 atom stereocenters. The highest BCUT2D eigenvalue weighted by Crippen LogP contribution is 2.33. The summed E-state index contributed by atoms with van der Waals surface area (Å²) in [7, 11) is 1.38. The molecule has 0 radical (unpaired) electrons. The molecule has 0 fully saturated rings. The average molecular weight is 288 g/mol. The highest BCUT2D eigenvalue weighted by atomic mass is 16.5. The van der Waals surface area contributed by atoms with Gasteiger partial charge in [0.2, 0.25) is 0 Å². The lowest BCUT2D eigenvalue weighted by molar-refractivity contribution is -0.146. The van der Waals surface area contributed by atoms with E-state index in [0.717, 1.165) is 5.56 Å². The van der Waals surface area contributed by atoms with E-state index < -0.39 is 6.10 Å². The van der Waals surface area contributed by atoms with Gasteiger partial charge < -0.3 is 9.84 Å². The molecule has 21 heavy (non-hydrogen) atoms. The van der Waals surface area contributed by atoms with Gasteiger partial charge in [-0.25, -0.2) is 0 Å². The van der Waals surface area contributed by atoms with Crippen LogP contribution in [-0.4, -0.2) is 24.0 Å². The maximum atomic E-state index is 11.6. The Labute approximate surface area is 124 Å². The van der Waals surface area contributed by atoms with Crippen molar-refractivity contribution in [2.24, 2.45) is 11.8 Å². The van der Waals surface area contributed by atoms with E-state index in [0.29, 0.717) is 18.4 Å². The van der Waals surface area contributed by atoms with E-state index in [9.17, 15) is 14.7 Å². The smallest absolute Gasteiger partial charge is 0.308 e. The van der Waals surface area contributed by atoms with Crippen LogP contribution in [0.15, 0.2) is 36.4 Å². The summed E-state index contributed by atoms with van der Waals surface area (Å²) < 4.78 is 4.77. The van der Waals surface area contributed by atoms with Crippen molar-refractivity contribution >= 4 is 11.8 Å². The number of hydrogen-bond acceptors (Lipinski definition) is 4. The average Bonchev–Trinajstić information content (AvgIpc) is 2.53. The monoisotopic (exact) mass is 288 g/mol. The number of methoxy groups -OCH3 is 1. The fraction of sp³-hybridized carbons (Fsp3) is 0.412. The van der Waals surface area contributed by atoms with Crippen LogP contribution < -0.4 is 0 Å². The predicted molar refractivity (Wildman–Crippen MR) is 78.8 cm³/mol. The van der Waals surface area contributed by atoms with Crippen molar-refractivity contribution in [1.82, 2.24) is 0 Å². The Morgan fingerprint density at radius 1 is 1.29 bits per heavy atom. The number of ketones is 1. The first-order chi connectivity index (χ1) is 10.0. The minimum absolute atomic E-state index is 0.000595. The van der Waals surface area contributed by atoms with E-state index in [1.54, 1.807) is 24.3 Å². The minimum Gasteiger partial charge on any atom is -0.469 e. The number of carbonyl (C=O) groups excluding carboxylic acids is 2. The van der Waals surface area contributed by atoms with Crippen LogP contribution in [0.5, 0.6) is 0 Å². The predicted octanol–water partition coefficient (Wildman–Crippen LogP) is 2.68. The van der Waals surface area contributed by atoms with Crippen molar-refractivity contribution in [2.75, 3.05) is 7.11 Å². The number of rotatable bonds is 4. The van der Waals surface area contributed by atoms with Gasteiger partial charge in [-0.1, -0.05) is 36.4 Å². The van der Waals surface area contributed by atoms with Crippen molar-refractivity contribution in [3.63, 3.8) is 0 Å². The summed E-state index contributed by atoms with van der Waals surface area (Å²) in [4.78, 5) is 22.9. The Balaban J connectivity index is 2.10. The maximum absolute atomic E-state index is 11.6. The summed E-state index contributed by atoms with van der Waals surface area (Å²) in [5.74, 6) is -0.551. The van der Waals surface area contributed by atoms with E-state index in [4.69, 9.17) is 4.74 Å². The summed E-state index contributed by atoms with van der Waals surface area (Å²) >= 11 is 0. The van der Waals surface area contributed by atoms with Crippen LogP contribution in [0.1, 0.15) is 41.8 Å². The molecule has 0 aliphatic heterocycles. The molecule has 1 aliphatic carbocycles. The van der Waals surface area contributed by atoms with Crippen molar-refractivity contribution in [2.45, 2.75) is 25.9 Å². The molecule has 0 bridgehead atoms. The number of hydrogen-bond donors (Lipinski definition) is 1.